The Morgan fingerprint density at radius 3 is 2.94 bits per heavy atom. The average molecular weight is 242 g/mol. The lowest BCUT2D eigenvalue weighted by atomic mass is 9.88. The molecule has 0 radical (unpaired) electrons. The number of nitrogens with one attached hydrogen (secondary N) is 1. The van der Waals surface area contributed by atoms with Crippen molar-refractivity contribution in [2.24, 2.45) is 0 Å². The summed E-state index contributed by atoms with van der Waals surface area (Å²) in [5.74, 6) is 0.0553. The third kappa shape index (κ3) is 2.08. The molecule has 1 heterocycles. The number of nitrogens with zero attached hydrogens (tertiary/aromatic N) is 1. The van der Waals surface area contributed by atoms with Crippen molar-refractivity contribution < 1.29 is 4.39 Å². The lowest BCUT2D eigenvalue weighted by Crippen LogP contribution is -2.18. The minimum absolute atomic E-state index is 0.166. The second-order valence-corrected chi connectivity index (χ2v) is 4.62. The molecule has 2 aromatic rings. The van der Waals surface area contributed by atoms with Crippen molar-refractivity contribution >= 4 is 5.82 Å². The summed E-state index contributed by atoms with van der Waals surface area (Å²) in [7, 11) is 0. The molecule has 1 aromatic heterocycles. The summed E-state index contributed by atoms with van der Waals surface area (Å²) in [6.45, 7) is 0. The second kappa shape index (κ2) is 4.77. The zero-order valence-electron chi connectivity index (χ0n) is 10.1. The van der Waals surface area contributed by atoms with Crippen LogP contribution in [0.4, 0.5) is 10.2 Å². The first-order chi connectivity index (χ1) is 8.84. The van der Waals surface area contributed by atoms with Crippen molar-refractivity contribution in [3.05, 3.63) is 59.5 Å². The Bertz CT molecular complexity index is 554. The standard InChI is InChI=1S/C15H15FN2/c16-13-8-4-10-17-15(13)18-14-9-3-6-11-5-1-2-7-12(11)14/h1-2,4-5,7-8,10,14H,3,6,9H2,(H,17,18). The van der Waals surface area contributed by atoms with Crippen molar-refractivity contribution in [1.29, 1.82) is 0 Å². The summed E-state index contributed by atoms with van der Waals surface area (Å²) in [6.07, 6.45) is 4.87. The molecule has 0 spiro atoms. The maximum Gasteiger partial charge on any atom is 0.165 e. The van der Waals surface area contributed by atoms with Crippen molar-refractivity contribution in [3.8, 4) is 0 Å². The molecule has 1 aliphatic carbocycles. The third-order valence-corrected chi connectivity index (χ3v) is 3.44. The molecule has 1 N–H and O–H groups in total. The molecule has 1 atom stereocenters. The summed E-state index contributed by atoms with van der Waals surface area (Å²) < 4.78 is 13.6. The van der Waals surface area contributed by atoms with E-state index in [9.17, 15) is 4.39 Å². The van der Waals surface area contributed by atoms with E-state index >= 15 is 0 Å². The number of hydrogen-bond acceptors (Lipinski definition) is 2. The summed E-state index contributed by atoms with van der Waals surface area (Å²) >= 11 is 0. The van der Waals surface area contributed by atoms with Gasteiger partial charge in [-0.25, -0.2) is 9.37 Å². The summed E-state index contributed by atoms with van der Waals surface area (Å²) in [5.41, 5.74) is 2.63. The molecule has 0 fully saturated rings. The van der Waals surface area contributed by atoms with Gasteiger partial charge in [-0.3, -0.25) is 0 Å². The van der Waals surface area contributed by atoms with Gasteiger partial charge in [0.15, 0.2) is 11.6 Å². The zero-order valence-corrected chi connectivity index (χ0v) is 10.1. The Balaban J connectivity index is 1.89. The van der Waals surface area contributed by atoms with Gasteiger partial charge in [0.2, 0.25) is 0 Å². The number of aryl methyl sites for hydroxylation is 1. The van der Waals surface area contributed by atoms with Gasteiger partial charge in [-0.1, -0.05) is 24.3 Å². The number of hydrogen-bond donors (Lipinski definition) is 1. The Hall–Kier alpha value is -1.90. The highest BCUT2D eigenvalue weighted by Crippen LogP contribution is 2.32. The topological polar surface area (TPSA) is 24.9 Å². The summed E-state index contributed by atoms with van der Waals surface area (Å²) in [4.78, 5) is 4.06. The third-order valence-electron chi connectivity index (χ3n) is 3.44. The van der Waals surface area contributed by atoms with E-state index in [-0.39, 0.29) is 11.9 Å². The molecule has 0 amide bonds. The lowest BCUT2D eigenvalue weighted by Gasteiger charge is -2.26. The zero-order chi connectivity index (χ0) is 12.4. The first-order valence-corrected chi connectivity index (χ1v) is 6.29. The van der Waals surface area contributed by atoms with E-state index in [2.05, 4.69) is 28.5 Å². The number of halogens is 1. The van der Waals surface area contributed by atoms with Crippen LogP contribution in [-0.4, -0.2) is 4.98 Å². The van der Waals surface area contributed by atoms with Crippen molar-refractivity contribution in [2.45, 2.75) is 25.3 Å². The molecule has 1 unspecified atom stereocenters. The van der Waals surface area contributed by atoms with E-state index in [1.165, 1.54) is 17.2 Å². The predicted octanol–water partition coefficient (Wildman–Crippen LogP) is 3.71. The van der Waals surface area contributed by atoms with E-state index < -0.39 is 0 Å². The SMILES string of the molecule is Fc1cccnc1NC1CCCc2ccccc21. The molecule has 1 aromatic carbocycles. The van der Waals surface area contributed by atoms with Gasteiger partial charge in [-0.2, -0.15) is 0 Å². The minimum Gasteiger partial charge on any atom is -0.361 e. The molecule has 92 valence electrons. The van der Waals surface area contributed by atoms with Gasteiger partial charge >= 0.3 is 0 Å². The van der Waals surface area contributed by atoms with Gasteiger partial charge in [0.1, 0.15) is 0 Å². The molecule has 0 bridgehead atoms. The Morgan fingerprint density at radius 1 is 1.17 bits per heavy atom. The Morgan fingerprint density at radius 2 is 2.06 bits per heavy atom. The normalized spacial score (nSPS) is 18.2. The van der Waals surface area contributed by atoms with Gasteiger partial charge in [0, 0.05) is 6.20 Å². The van der Waals surface area contributed by atoms with Crippen molar-refractivity contribution in [1.82, 2.24) is 4.98 Å². The predicted molar refractivity (Wildman–Crippen MR) is 69.9 cm³/mol. The molecule has 2 nitrogen and oxygen atoms in total. The quantitative estimate of drug-likeness (QED) is 0.868. The van der Waals surface area contributed by atoms with Crippen LogP contribution in [0.1, 0.15) is 30.0 Å². The molecule has 0 aliphatic heterocycles. The highest BCUT2D eigenvalue weighted by atomic mass is 19.1. The molecular weight excluding hydrogens is 227 g/mol. The van der Waals surface area contributed by atoms with Crippen LogP contribution in [0.5, 0.6) is 0 Å². The lowest BCUT2D eigenvalue weighted by molar-refractivity contribution is 0.582. The van der Waals surface area contributed by atoms with Gasteiger partial charge in [-0.15, -0.1) is 0 Å². The van der Waals surface area contributed by atoms with Gasteiger partial charge in [0.05, 0.1) is 6.04 Å². The molecule has 0 saturated carbocycles. The van der Waals surface area contributed by atoms with Crippen LogP contribution < -0.4 is 5.32 Å². The monoisotopic (exact) mass is 242 g/mol. The van der Waals surface area contributed by atoms with Gasteiger partial charge in [-0.05, 0) is 42.5 Å². The first kappa shape index (κ1) is 11.2. The van der Waals surface area contributed by atoms with Crippen LogP contribution in [0.15, 0.2) is 42.6 Å². The van der Waals surface area contributed by atoms with Crippen LogP contribution in [0.2, 0.25) is 0 Å². The highest BCUT2D eigenvalue weighted by molar-refractivity contribution is 5.42. The maximum absolute atomic E-state index is 13.6. The molecule has 1 aliphatic rings. The maximum atomic E-state index is 13.6. The van der Waals surface area contributed by atoms with E-state index in [0.29, 0.717) is 5.82 Å². The first-order valence-electron chi connectivity index (χ1n) is 6.29. The van der Waals surface area contributed by atoms with E-state index in [4.69, 9.17) is 0 Å². The molecular formula is C15H15FN2. The van der Waals surface area contributed by atoms with E-state index in [1.54, 1.807) is 12.3 Å². The number of fused-ring (bicyclic) bond motifs is 1. The van der Waals surface area contributed by atoms with Crippen LogP contribution in [-0.2, 0) is 6.42 Å². The Kier molecular flexibility index (Phi) is 2.97. The number of anilines is 1. The Labute approximate surface area is 106 Å². The van der Waals surface area contributed by atoms with Crippen LogP contribution in [0, 0.1) is 5.82 Å². The van der Waals surface area contributed by atoms with E-state index in [1.807, 2.05) is 6.07 Å². The van der Waals surface area contributed by atoms with Crippen molar-refractivity contribution in [3.63, 3.8) is 0 Å². The molecule has 0 saturated heterocycles. The highest BCUT2D eigenvalue weighted by Gasteiger charge is 2.20. The number of benzene rings is 1. The van der Waals surface area contributed by atoms with Crippen LogP contribution in [0.25, 0.3) is 0 Å². The summed E-state index contributed by atoms with van der Waals surface area (Å²) in [6, 6.07) is 11.6. The summed E-state index contributed by atoms with van der Waals surface area (Å²) in [5, 5.41) is 3.22. The molecule has 18 heavy (non-hydrogen) atoms. The van der Waals surface area contributed by atoms with Crippen LogP contribution in [0.3, 0.4) is 0 Å². The van der Waals surface area contributed by atoms with Gasteiger partial charge < -0.3 is 5.32 Å². The number of pyridine rings is 1. The fourth-order valence-electron chi connectivity index (χ4n) is 2.56. The molecule has 3 rings (SSSR count). The number of aromatic nitrogens is 1. The fraction of sp³-hybridized carbons (Fsp3) is 0.267. The molecule has 3 heteroatoms. The van der Waals surface area contributed by atoms with Crippen LogP contribution >= 0.6 is 0 Å². The van der Waals surface area contributed by atoms with Crippen molar-refractivity contribution in [2.75, 3.05) is 5.32 Å². The fourth-order valence-corrected chi connectivity index (χ4v) is 2.56. The van der Waals surface area contributed by atoms with E-state index in [0.717, 1.165) is 19.3 Å². The largest absolute Gasteiger partial charge is 0.361 e. The second-order valence-electron chi connectivity index (χ2n) is 4.62. The average Bonchev–Trinajstić information content (AvgIpc) is 2.42. The minimum atomic E-state index is -0.291. The number of rotatable bonds is 2. The van der Waals surface area contributed by atoms with Gasteiger partial charge in [0.25, 0.3) is 0 Å². The smallest absolute Gasteiger partial charge is 0.165 e.